The van der Waals surface area contributed by atoms with Crippen molar-refractivity contribution in [3.63, 3.8) is 0 Å². The van der Waals surface area contributed by atoms with E-state index in [0.717, 1.165) is 19.3 Å². The van der Waals surface area contributed by atoms with E-state index >= 15 is 0 Å². The Kier molecular flexibility index (Phi) is 5.82. The zero-order valence-corrected chi connectivity index (χ0v) is 12.4. The van der Waals surface area contributed by atoms with Gasteiger partial charge in [-0.25, -0.2) is 0 Å². The SMILES string of the molecule is CCc1nn(C(C)COC)c(CC)c1CC(C)N. The first-order valence-electron chi connectivity index (χ1n) is 6.88. The second kappa shape index (κ2) is 6.90. The van der Waals surface area contributed by atoms with Gasteiger partial charge in [-0.15, -0.1) is 0 Å². The fourth-order valence-corrected chi connectivity index (χ4v) is 2.45. The predicted molar refractivity (Wildman–Crippen MR) is 74.9 cm³/mol. The Morgan fingerprint density at radius 3 is 2.39 bits per heavy atom. The summed E-state index contributed by atoms with van der Waals surface area (Å²) in [5.41, 5.74) is 9.80. The molecule has 0 radical (unpaired) electrons. The van der Waals surface area contributed by atoms with Gasteiger partial charge in [-0.2, -0.15) is 5.10 Å². The molecule has 4 nitrogen and oxygen atoms in total. The van der Waals surface area contributed by atoms with E-state index in [0.29, 0.717) is 6.61 Å². The van der Waals surface area contributed by atoms with Crippen LogP contribution in [0, 0.1) is 0 Å². The van der Waals surface area contributed by atoms with Crippen molar-refractivity contribution in [3.8, 4) is 0 Å². The Bertz CT molecular complexity index is 371. The molecule has 4 heteroatoms. The number of nitrogens with zero attached hydrogens (tertiary/aromatic N) is 2. The number of aromatic nitrogens is 2. The molecule has 2 unspecified atom stereocenters. The van der Waals surface area contributed by atoms with Crippen LogP contribution in [0.1, 0.15) is 50.7 Å². The first kappa shape index (κ1) is 15.2. The van der Waals surface area contributed by atoms with E-state index in [1.807, 2.05) is 0 Å². The predicted octanol–water partition coefficient (Wildman–Crippen LogP) is 2.11. The average molecular weight is 253 g/mol. The van der Waals surface area contributed by atoms with Crippen LogP contribution in [0.2, 0.25) is 0 Å². The van der Waals surface area contributed by atoms with Crippen molar-refractivity contribution in [1.29, 1.82) is 0 Å². The summed E-state index contributed by atoms with van der Waals surface area (Å²) in [5.74, 6) is 0. The number of hydrogen-bond donors (Lipinski definition) is 1. The molecule has 2 N–H and O–H groups in total. The van der Waals surface area contributed by atoms with E-state index in [1.165, 1.54) is 17.0 Å². The standard InChI is InChI=1S/C14H27N3O/c1-6-13-12(8-10(3)15)14(7-2)17(16-13)11(4)9-18-5/h10-11H,6-9,15H2,1-5H3. The largest absolute Gasteiger partial charge is 0.382 e. The van der Waals surface area contributed by atoms with E-state index in [2.05, 4.69) is 32.4 Å². The number of hydrogen-bond acceptors (Lipinski definition) is 3. The van der Waals surface area contributed by atoms with Crippen LogP contribution in [0.3, 0.4) is 0 Å². The lowest BCUT2D eigenvalue weighted by molar-refractivity contribution is 0.155. The molecule has 0 aliphatic rings. The molecule has 18 heavy (non-hydrogen) atoms. The van der Waals surface area contributed by atoms with E-state index in [1.54, 1.807) is 7.11 Å². The smallest absolute Gasteiger partial charge is 0.0727 e. The minimum Gasteiger partial charge on any atom is -0.382 e. The molecule has 1 rings (SSSR count). The van der Waals surface area contributed by atoms with Crippen molar-refractivity contribution in [2.45, 2.75) is 59.0 Å². The molecule has 0 spiro atoms. The Morgan fingerprint density at radius 2 is 1.94 bits per heavy atom. The van der Waals surface area contributed by atoms with Gasteiger partial charge >= 0.3 is 0 Å². The van der Waals surface area contributed by atoms with E-state index in [9.17, 15) is 0 Å². The minimum atomic E-state index is 0.177. The van der Waals surface area contributed by atoms with Crippen LogP contribution in [-0.2, 0) is 24.0 Å². The third-order valence-electron chi connectivity index (χ3n) is 3.22. The van der Waals surface area contributed by atoms with Crippen LogP contribution < -0.4 is 5.73 Å². The zero-order chi connectivity index (χ0) is 13.7. The summed E-state index contributed by atoms with van der Waals surface area (Å²) >= 11 is 0. The van der Waals surface area contributed by atoms with Gasteiger partial charge < -0.3 is 10.5 Å². The second-order valence-electron chi connectivity index (χ2n) is 5.01. The van der Waals surface area contributed by atoms with Crippen molar-refractivity contribution in [2.24, 2.45) is 5.73 Å². The van der Waals surface area contributed by atoms with Gasteiger partial charge in [0.05, 0.1) is 18.3 Å². The number of ether oxygens (including phenoxy) is 1. The van der Waals surface area contributed by atoms with Crippen LogP contribution in [0.5, 0.6) is 0 Å². The highest BCUT2D eigenvalue weighted by molar-refractivity contribution is 5.28. The average Bonchev–Trinajstić information content (AvgIpc) is 2.66. The summed E-state index contributed by atoms with van der Waals surface area (Å²) in [6.45, 7) is 9.21. The van der Waals surface area contributed by atoms with Crippen LogP contribution >= 0.6 is 0 Å². The molecule has 1 aromatic rings. The zero-order valence-electron chi connectivity index (χ0n) is 12.4. The van der Waals surface area contributed by atoms with Gasteiger partial charge in [0, 0.05) is 18.8 Å². The third-order valence-corrected chi connectivity index (χ3v) is 3.22. The molecule has 0 saturated heterocycles. The van der Waals surface area contributed by atoms with Crippen molar-refractivity contribution in [2.75, 3.05) is 13.7 Å². The van der Waals surface area contributed by atoms with Crippen LogP contribution in [0.15, 0.2) is 0 Å². The van der Waals surface area contributed by atoms with E-state index in [-0.39, 0.29) is 12.1 Å². The monoisotopic (exact) mass is 253 g/mol. The highest BCUT2D eigenvalue weighted by Crippen LogP contribution is 2.21. The fraction of sp³-hybridized carbons (Fsp3) is 0.786. The highest BCUT2D eigenvalue weighted by atomic mass is 16.5. The maximum absolute atomic E-state index is 5.95. The molecule has 0 bridgehead atoms. The molecule has 1 aromatic heterocycles. The molecule has 0 aliphatic carbocycles. The molecular weight excluding hydrogens is 226 g/mol. The fourth-order valence-electron chi connectivity index (χ4n) is 2.45. The van der Waals surface area contributed by atoms with Gasteiger partial charge in [-0.05, 0) is 38.7 Å². The lowest BCUT2D eigenvalue weighted by Crippen LogP contribution is -2.20. The third kappa shape index (κ3) is 3.33. The Labute approximate surface area is 111 Å². The highest BCUT2D eigenvalue weighted by Gasteiger charge is 2.19. The summed E-state index contributed by atoms with van der Waals surface area (Å²) < 4.78 is 7.36. The lowest BCUT2D eigenvalue weighted by atomic mass is 10.0. The second-order valence-corrected chi connectivity index (χ2v) is 5.01. The maximum Gasteiger partial charge on any atom is 0.0727 e. The molecular formula is C14H27N3O. The molecule has 0 saturated carbocycles. The first-order chi connectivity index (χ1) is 8.54. The molecule has 0 aromatic carbocycles. The van der Waals surface area contributed by atoms with Gasteiger partial charge in [-0.3, -0.25) is 4.68 Å². The summed E-state index contributed by atoms with van der Waals surface area (Å²) in [7, 11) is 1.73. The van der Waals surface area contributed by atoms with Crippen LogP contribution in [0.4, 0.5) is 0 Å². The van der Waals surface area contributed by atoms with Gasteiger partial charge in [0.2, 0.25) is 0 Å². The Hall–Kier alpha value is -0.870. The summed E-state index contributed by atoms with van der Waals surface area (Å²) in [4.78, 5) is 0. The molecule has 0 amide bonds. The Morgan fingerprint density at radius 1 is 1.28 bits per heavy atom. The lowest BCUT2D eigenvalue weighted by Gasteiger charge is -2.15. The van der Waals surface area contributed by atoms with Crippen molar-refractivity contribution >= 4 is 0 Å². The number of nitrogens with two attached hydrogens (primary N) is 1. The molecule has 0 fully saturated rings. The molecule has 0 aliphatic heterocycles. The first-order valence-corrected chi connectivity index (χ1v) is 6.88. The topological polar surface area (TPSA) is 53.1 Å². The maximum atomic E-state index is 5.95. The summed E-state index contributed by atoms with van der Waals surface area (Å²) in [6, 6.07) is 0.452. The van der Waals surface area contributed by atoms with Crippen LogP contribution in [-0.4, -0.2) is 29.5 Å². The van der Waals surface area contributed by atoms with E-state index in [4.69, 9.17) is 15.6 Å². The summed E-state index contributed by atoms with van der Waals surface area (Å²) in [5, 5.41) is 4.75. The van der Waals surface area contributed by atoms with Crippen molar-refractivity contribution in [1.82, 2.24) is 9.78 Å². The molecule has 2 atom stereocenters. The number of methoxy groups -OCH3 is 1. The van der Waals surface area contributed by atoms with Crippen molar-refractivity contribution in [3.05, 3.63) is 17.0 Å². The summed E-state index contributed by atoms with van der Waals surface area (Å²) in [6.07, 6.45) is 2.86. The number of rotatable bonds is 7. The van der Waals surface area contributed by atoms with Crippen molar-refractivity contribution < 1.29 is 4.74 Å². The van der Waals surface area contributed by atoms with Gasteiger partial charge in [0.15, 0.2) is 0 Å². The quantitative estimate of drug-likeness (QED) is 0.809. The normalized spacial score (nSPS) is 14.8. The van der Waals surface area contributed by atoms with E-state index < -0.39 is 0 Å². The Balaban J connectivity index is 3.15. The van der Waals surface area contributed by atoms with Gasteiger partial charge in [-0.1, -0.05) is 13.8 Å². The molecule has 1 heterocycles. The molecule has 104 valence electrons. The van der Waals surface area contributed by atoms with Gasteiger partial charge in [0.1, 0.15) is 0 Å². The van der Waals surface area contributed by atoms with Crippen LogP contribution in [0.25, 0.3) is 0 Å². The minimum absolute atomic E-state index is 0.177. The number of aryl methyl sites for hydroxylation is 1. The van der Waals surface area contributed by atoms with Gasteiger partial charge in [0.25, 0.3) is 0 Å².